The van der Waals surface area contributed by atoms with E-state index in [0.717, 1.165) is 0 Å². The molecule has 3 N–H and O–H groups in total. The van der Waals surface area contributed by atoms with Gasteiger partial charge in [0.2, 0.25) is 0 Å². The molecule has 0 amide bonds. The SMILES string of the molecule is OCC(O)S.OCCS. The summed E-state index contributed by atoms with van der Waals surface area (Å²) in [6.45, 7) is -0.0910. The Morgan fingerprint density at radius 1 is 1.33 bits per heavy atom. The first-order valence-corrected chi connectivity index (χ1v) is 3.52. The topological polar surface area (TPSA) is 60.7 Å². The Hall–Kier alpha value is 0.580. The van der Waals surface area contributed by atoms with Crippen LogP contribution in [-0.2, 0) is 0 Å². The number of hydrogen-bond donors (Lipinski definition) is 5. The van der Waals surface area contributed by atoms with E-state index in [0.29, 0.717) is 5.75 Å². The van der Waals surface area contributed by atoms with Crippen LogP contribution in [0.5, 0.6) is 0 Å². The zero-order valence-corrected chi connectivity index (χ0v) is 6.72. The van der Waals surface area contributed by atoms with Gasteiger partial charge in [-0.3, -0.25) is 0 Å². The highest BCUT2D eigenvalue weighted by Crippen LogP contribution is 1.80. The Bertz CT molecular complexity index is 40.8. The van der Waals surface area contributed by atoms with Gasteiger partial charge in [0.05, 0.1) is 13.2 Å². The minimum absolute atomic E-state index is 0.184. The van der Waals surface area contributed by atoms with Crippen molar-refractivity contribution in [3.63, 3.8) is 0 Å². The average molecular weight is 172 g/mol. The van der Waals surface area contributed by atoms with Crippen LogP contribution in [0.2, 0.25) is 0 Å². The molecule has 3 nitrogen and oxygen atoms in total. The molecule has 0 aromatic heterocycles. The van der Waals surface area contributed by atoms with Gasteiger partial charge in [-0.1, -0.05) is 0 Å². The lowest BCUT2D eigenvalue weighted by atomic mass is 10.8. The fraction of sp³-hybridized carbons (Fsp3) is 1.00. The molecule has 1 atom stereocenters. The Morgan fingerprint density at radius 3 is 1.56 bits per heavy atom. The van der Waals surface area contributed by atoms with Crippen molar-refractivity contribution >= 4 is 25.3 Å². The van der Waals surface area contributed by atoms with E-state index in [1.807, 2.05) is 0 Å². The maximum Gasteiger partial charge on any atom is 0.120 e. The number of rotatable bonds is 2. The van der Waals surface area contributed by atoms with Gasteiger partial charge in [-0.2, -0.15) is 12.6 Å². The van der Waals surface area contributed by atoms with Crippen LogP contribution >= 0.6 is 25.3 Å². The summed E-state index contributed by atoms with van der Waals surface area (Å²) in [6.07, 6.45) is 0. The van der Waals surface area contributed by atoms with E-state index in [9.17, 15) is 0 Å². The van der Waals surface area contributed by atoms with Crippen LogP contribution in [0, 0.1) is 0 Å². The molecule has 9 heavy (non-hydrogen) atoms. The van der Waals surface area contributed by atoms with Crippen molar-refractivity contribution in [1.29, 1.82) is 0 Å². The monoisotopic (exact) mass is 172 g/mol. The third-order valence-electron chi connectivity index (χ3n) is 0.263. The first kappa shape index (κ1) is 12.3. The molecule has 0 spiro atoms. The van der Waals surface area contributed by atoms with Crippen molar-refractivity contribution in [3.8, 4) is 0 Å². The number of aliphatic hydroxyl groups is 3. The van der Waals surface area contributed by atoms with Gasteiger partial charge in [0.15, 0.2) is 0 Å². The molecule has 0 bridgehead atoms. The molecule has 0 rings (SSSR count). The summed E-state index contributed by atoms with van der Waals surface area (Å²) in [6, 6.07) is 0. The molecule has 0 aliphatic carbocycles. The zero-order valence-electron chi connectivity index (χ0n) is 4.93. The maximum atomic E-state index is 7.98. The average Bonchev–Trinajstić information content (AvgIpc) is 1.89. The molecule has 5 heteroatoms. The van der Waals surface area contributed by atoms with Gasteiger partial charge in [-0.05, 0) is 0 Å². The summed E-state index contributed by atoms with van der Waals surface area (Å²) < 4.78 is 0. The number of thiol groups is 2. The summed E-state index contributed by atoms with van der Waals surface area (Å²) >= 11 is 7.07. The van der Waals surface area contributed by atoms with Crippen LogP contribution in [-0.4, -0.2) is 39.7 Å². The lowest BCUT2D eigenvalue weighted by Gasteiger charge is -1.89. The third kappa shape index (κ3) is 29.0. The van der Waals surface area contributed by atoms with Crippen LogP contribution in [0.1, 0.15) is 0 Å². The van der Waals surface area contributed by atoms with Crippen LogP contribution in [0.25, 0.3) is 0 Å². The van der Waals surface area contributed by atoms with Gasteiger partial charge >= 0.3 is 0 Å². The van der Waals surface area contributed by atoms with Crippen molar-refractivity contribution in [2.24, 2.45) is 0 Å². The maximum absolute atomic E-state index is 7.98. The molecule has 0 aliphatic rings. The van der Waals surface area contributed by atoms with Crippen molar-refractivity contribution in [1.82, 2.24) is 0 Å². The molecule has 0 saturated heterocycles. The van der Waals surface area contributed by atoms with E-state index in [2.05, 4.69) is 25.3 Å². The van der Waals surface area contributed by atoms with E-state index >= 15 is 0 Å². The second kappa shape index (κ2) is 11.4. The van der Waals surface area contributed by atoms with Gasteiger partial charge in [0.25, 0.3) is 0 Å². The van der Waals surface area contributed by atoms with Gasteiger partial charge < -0.3 is 15.3 Å². The van der Waals surface area contributed by atoms with Crippen molar-refractivity contribution < 1.29 is 15.3 Å². The normalized spacial score (nSPS) is 11.7. The summed E-state index contributed by atoms with van der Waals surface area (Å²) in [4.78, 5) is 0. The van der Waals surface area contributed by atoms with E-state index < -0.39 is 5.44 Å². The largest absolute Gasteiger partial charge is 0.396 e. The quantitative estimate of drug-likeness (QED) is 0.278. The third-order valence-corrected chi connectivity index (χ3v) is 0.627. The van der Waals surface area contributed by atoms with Crippen molar-refractivity contribution in [3.05, 3.63) is 0 Å². The Balaban J connectivity index is 0. The highest BCUT2D eigenvalue weighted by atomic mass is 32.1. The van der Waals surface area contributed by atoms with E-state index in [1.165, 1.54) is 0 Å². The molecule has 0 aliphatic heterocycles. The van der Waals surface area contributed by atoms with Gasteiger partial charge in [-0.25, -0.2) is 0 Å². The molecule has 0 radical (unpaired) electrons. The second-order valence-electron chi connectivity index (χ2n) is 1.11. The molecule has 58 valence electrons. The predicted molar refractivity (Wildman–Crippen MR) is 43.0 cm³/mol. The van der Waals surface area contributed by atoms with Crippen LogP contribution in [0.4, 0.5) is 0 Å². The molecule has 0 aromatic rings. The molecule has 0 aromatic carbocycles. The minimum Gasteiger partial charge on any atom is -0.396 e. The molecular formula is C4H12O3S2. The van der Waals surface area contributed by atoms with E-state index in [4.69, 9.17) is 15.3 Å². The number of aliphatic hydroxyl groups excluding tert-OH is 3. The zero-order chi connectivity index (χ0) is 7.70. The molecule has 0 heterocycles. The lowest BCUT2D eigenvalue weighted by Crippen LogP contribution is -2.00. The summed E-state index contributed by atoms with van der Waals surface area (Å²) in [5, 5.41) is 23.6. The van der Waals surface area contributed by atoms with Crippen LogP contribution < -0.4 is 0 Å². The standard InChI is InChI=1S/C2H6O2S.C2H6OS/c3-1-2(4)5;3-1-2-4/h2-5H,1H2;3-4H,1-2H2. The smallest absolute Gasteiger partial charge is 0.120 e. The second-order valence-corrected chi connectivity index (χ2v) is 2.15. The van der Waals surface area contributed by atoms with Gasteiger partial charge in [0.1, 0.15) is 5.44 Å². The first-order chi connectivity index (χ1) is 4.18. The number of hydrogen-bond acceptors (Lipinski definition) is 5. The highest BCUT2D eigenvalue weighted by Gasteiger charge is 1.84. The highest BCUT2D eigenvalue weighted by molar-refractivity contribution is 7.80. The fourth-order valence-electron chi connectivity index (χ4n) is 0. The summed E-state index contributed by atoms with van der Waals surface area (Å²) in [7, 11) is 0. The van der Waals surface area contributed by atoms with E-state index in [1.54, 1.807) is 0 Å². The van der Waals surface area contributed by atoms with Gasteiger partial charge in [0, 0.05) is 5.75 Å². The van der Waals surface area contributed by atoms with Crippen LogP contribution in [0.3, 0.4) is 0 Å². The fourth-order valence-corrected chi connectivity index (χ4v) is 0. The summed E-state index contributed by atoms with van der Waals surface area (Å²) in [5.41, 5.74) is -0.866. The van der Waals surface area contributed by atoms with Crippen LogP contribution in [0.15, 0.2) is 0 Å². The Kier molecular flexibility index (Phi) is 15.5. The minimum atomic E-state index is -0.866. The Labute approximate surface area is 65.5 Å². The Morgan fingerprint density at radius 2 is 1.56 bits per heavy atom. The first-order valence-electron chi connectivity index (χ1n) is 2.37. The summed E-state index contributed by atoms with van der Waals surface area (Å²) in [5.74, 6) is 0.569. The van der Waals surface area contributed by atoms with Crippen molar-refractivity contribution in [2.75, 3.05) is 19.0 Å². The molecule has 1 unspecified atom stereocenters. The lowest BCUT2D eigenvalue weighted by molar-refractivity contribution is 0.162. The molecule has 0 fully saturated rings. The predicted octanol–water partition coefficient (Wildman–Crippen LogP) is -0.865. The van der Waals surface area contributed by atoms with E-state index in [-0.39, 0.29) is 13.2 Å². The molecular weight excluding hydrogens is 160 g/mol. The van der Waals surface area contributed by atoms with Gasteiger partial charge in [-0.15, -0.1) is 12.6 Å². The van der Waals surface area contributed by atoms with Crippen molar-refractivity contribution in [2.45, 2.75) is 5.44 Å². The molecule has 0 saturated carbocycles.